The summed E-state index contributed by atoms with van der Waals surface area (Å²) in [5.41, 5.74) is 4.59. The van der Waals surface area contributed by atoms with E-state index in [9.17, 15) is 0 Å². The molecule has 0 aromatic heterocycles. The van der Waals surface area contributed by atoms with Crippen LogP contribution in [0.4, 0.5) is 11.4 Å². The first kappa shape index (κ1) is 41.7. The van der Waals surface area contributed by atoms with Crippen molar-refractivity contribution in [3.63, 3.8) is 0 Å². The van der Waals surface area contributed by atoms with Gasteiger partial charge in [-0.05, 0) is 74.1 Å². The molecule has 5 heteroatoms. The maximum Gasteiger partial charge on any atom is 0.119 e. The SMILES string of the molecule is CCCCCCCCCCCCc1ccc(N=Nc2ccc(OCCCCCCCCCC[N+](C)(C)Cc3ccccc3)cc2)cc1.[Br-]. The summed E-state index contributed by atoms with van der Waals surface area (Å²) in [6.45, 7) is 5.44. The summed E-state index contributed by atoms with van der Waals surface area (Å²) >= 11 is 0. The molecule has 3 aromatic carbocycles. The smallest absolute Gasteiger partial charge is 0.119 e. The van der Waals surface area contributed by atoms with Gasteiger partial charge >= 0.3 is 0 Å². The van der Waals surface area contributed by atoms with Gasteiger partial charge in [0, 0.05) is 5.56 Å². The minimum absolute atomic E-state index is 0. The normalized spacial score (nSPS) is 11.6. The van der Waals surface area contributed by atoms with E-state index in [4.69, 9.17) is 4.74 Å². The van der Waals surface area contributed by atoms with Crippen molar-refractivity contribution in [2.24, 2.45) is 10.2 Å². The zero-order valence-corrected chi connectivity index (χ0v) is 32.3. The third-order valence-electron chi connectivity index (χ3n) is 9.25. The van der Waals surface area contributed by atoms with Crippen molar-refractivity contribution in [1.82, 2.24) is 0 Å². The van der Waals surface area contributed by atoms with Gasteiger partial charge in [-0.1, -0.05) is 139 Å². The molecule has 4 nitrogen and oxygen atoms in total. The standard InChI is InChI=1S/C43H66N3O.BrH/c1-4-5-6-7-8-9-10-13-16-20-25-39-28-30-41(31-29-39)44-45-42-32-34-43(35-33-42)47-37-24-18-15-12-11-14-17-23-36-46(2,3)38-40-26-21-19-22-27-40;/h19,21-22,26-35H,4-18,20,23-25,36-38H2,1-3H3;1H/q+1;/p-1. The third kappa shape index (κ3) is 20.1. The molecular weight excluding hydrogens is 654 g/mol. The second-order valence-corrected chi connectivity index (χ2v) is 14.3. The molecule has 48 heavy (non-hydrogen) atoms. The van der Waals surface area contributed by atoms with E-state index >= 15 is 0 Å². The number of halogens is 1. The Balaban J connectivity index is 0.00000800. The Hall–Kier alpha value is -2.50. The molecule has 0 aliphatic carbocycles. The highest BCUT2D eigenvalue weighted by Crippen LogP contribution is 2.23. The molecule has 0 atom stereocenters. The first-order valence-corrected chi connectivity index (χ1v) is 19.1. The molecule has 0 N–H and O–H groups in total. The highest BCUT2D eigenvalue weighted by Gasteiger charge is 2.14. The van der Waals surface area contributed by atoms with Gasteiger partial charge in [0.2, 0.25) is 0 Å². The van der Waals surface area contributed by atoms with Crippen LogP contribution < -0.4 is 21.7 Å². The van der Waals surface area contributed by atoms with Crippen molar-refractivity contribution in [1.29, 1.82) is 0 Å². The van der Waals surface area contributed by atoms with E-state index in [-0.39, 0.29) is 17.0 Å². The molecule has 0 fully saturated rings. The first-order valence-electron chi connectivity index (χ1n) is 19.1. The van der Waals surface area contributed by atoms with Gasteiger partial charge in [0.15, 0.2) is 0 Å². The molecule has 0 amide bonds. The van der Waals surface area contributed by atoms with E-state index in [0.29, 0.717) is 0 Å². The average molecular weight is 721 g/mol. The van der Waals surface area contributed by atoms with Crippen molar-refractivity contribution in [3.8, 4) is 5.75 Å². The molecular formula is C43H66BrN3O. The Morgan fingerprint density at radius 3 is 1.54 bits per heavy atom. The molecule has 266 valence electrons. The lowest BCUT2D eigenvalue weighted by atomic mass is 10.0. The van der Waals surface area contributed by atoms with Crippen LogP contribution in [0.1, 0.15) is 134 Å². The second kappa shape index (κ2) is 26.4. The number of ether oxygens (including phenoxy) is 1. The Morgan fingerprint density at radius 2 is 0.979 bits per heavy atom. The van der Waals surface area contributed by atoms with Crippen LogP contribution in [0.25, 0.3) is 0 Å². The second-order valence-electron chi connectivity index (χ2n) is 14.3. The Kier molecular flexibility index (Phi) is 22.9. The lowest BCUT2D eigenvalue weighted by molar-refractivity contribution is -0.903. The van der Waals surface area contributed by atoms with Crippen LogP contribution in [0.15, 0.2) is 89.1 Å². The number of rotatable bonds is 27. The van der Waals surface area contributed by atoms with Crippen molar-refractivity contribution < 1.29 is 26.2 Å². The van der Waals surface area contributed by atoms with Crippen LogP contribution in [0.3, 0.4) is 0 Å². The summed E-state index contributed by atoms with van der Waals surface area (Å²) in [6, 6.07) is 27.4. The van der Waals surface area contributed by atoms with E-state index in [1.807, 2.05) is 24.3 Å². The van der Waals surface area contributed by atoms with E-state index in [1.165, 1.54) is 127 Å². The lowest BCUT2D eigenvalue weighted by Gasteiger charge is -2.30. The van der Waals surface area contributed by atoms with Crippen molar-refractivity contribution in [2.75, 3.05) is 27.2 Å². The van der Waals surface area contributed by atoms with Gasteiger partial charge in [-0.25, -0.2) is 0 Å². The molecule has 0 saturated heterocycles. The van der Waals surface area contributed by atoms with Crippen LogP contribution >= 0.6 is 0 Å². The molecule has 3 aromatic rings. The van der Waals surface area contributed by atoms with Crippen molar-refractivity contribution >= 4 is 11.4 Å². The van der Waals surface area contributed by atoms with Crippen LogP contribution in [-0.2, 0) is 13.0 Å². The highest BCUT2D eigenvalue weighted by molar-refractivity contribution is 5.43. The Bertz CT molecular complexity index is 1190. The number of quaternary nitrogens is 1. The van der Waals surface area contributed by atoms with Gasteiger partial charge in [0.25, 0.3) is 0 Å². The van der Waals surface area contributed by atoms with Gasteiger partial charge < -0.3 is 26.2 Å². The maximum atomic E-state index is 5.97. The molecule has 0 aliphatic rings. The number of nitrogens with zero attached hydrogens (tertiary/aromatic N) is 3. The van der Waals surface area contributed by atoms with Crippen molar-refractivity contribution in [3.05, 3.63) is 90.0 Å². The predicted octanol–water partition coefficient (Wildman–Crippen LogP) is 10.3. The summed E-state index contributed by atoms with van der Waals surface area (Å²) in [5.74, 6) is 0.911. The van der Waals surface area contributed by atoms with E-state index < -0.39 is 0 Å². The zero-order valence-electron chi connectivity index (χ0n) is 30.7. The summed E-state index contributed by atoms with van der Waals surface area (Å²) < 4.78 is 7.05. The van der Waals surface area contributed by atoms with Gasteiger partial charge in [-0.2, -0.15) is 10.2 Å². The van der Waals surface area contributed by atoms with Gasteiger partial charge in [0.1, 0.15) is 12.3 Å². The maximum absolute atomic E-state index is 5.97. The molecule has 0 spiro atoms. The first-order chi connectivity index (χ1) is 23.0. The summed E-state index contributed by atoms with van der Waals surface area (Å²) in [4.78, 5) is 0. The van der Waals surface area contributed by atoms with Crippen LogP contribution in [0, 0.1) is 0 Å². The topological polar surface area (TPSA) is 34.0 Å². The Labute approximate surface area is 305 Å². The van der Waals surface area contributed by atoms with Gasteiger partial charge in [-0.3, -0.25) is 0 Å². The minimum Gasteiger partial charge on any atom is -1.00 e. The van der Waals surface area contributed by atoms with Crippen LogP contribution in [0.5, 0.6) is 5.75 Å². The monoisotopic (exact) mass is 719 g/mol. The molecule has 3 rings (SSSR count). The van der Waals surface area contributed by atoms with E-state index in [2.05, 4.69) is 85.8 Å². The van der Waals surface area contributed by atoms with E-state index in [0.717, 1.165) is 47.6 Å². The van der Waals surface area contributed by atoms with Gasteiger partial charge in [0.05, 0.1) is 38.6 Å². The summed E-state index contributed by atoms with van der Waals surface area (Å²) in [5, 5.41) is 8.87. The molecule has 0 radical (unpaired) electrons. The molecule has 0 unspecified atom stereocenters. The fourth-order valence-corrected chi connectivity index (χ4v) is 6.32. The van der Waals surface area contributed by atoms with Crippen LogP contribution in [0.2, 0.25) is 0 Å². The van der Waals surface area contributed by atoms with Crippen molar-refractivity contribution in [2.45, 2.75) is 135 Å². The number of hydrogen-bond acceptors (Lipinski definition) is 3. The highest BCUT2D eigenvalue weighted by atomic mass is 79.9. The molecule has 0 heterocycles. The number of azo groups is 1. The predicted molar refractivity (Wildman–Crippen MR) is 202 cm³/mol. The summed E-state index contributed by atoms with van der Waals surface area (Å²) in [7, 11) is 4.71. The van der Waals surface area contributed by atoms with E-state index in [1.54, 1.807) is 0 Å². The number of benzene rings is 3. The fourth-order valence-electron chi connectivity index (χ4n) is 6.32. The fraction of sp³-hybridized carbons (Fsp3) is 0.581. The zero-order chi connectivity index (χ0) is 33.3. The Morgan fingerprint density at radius 1 is 0.500 bits per heavy atom. The average Bonchev–Trinajstić information content (AvgIpc) is 3.08. The largest absolute Gasteiger partial charge is 1.00 e. The summed E-state index contributed by atoms with van der Waals surface area (Å²) in [6.07, 6.45) is 25.3. The number of hydrogen-bond donors (Lipinski definition) is 0. The number of unbranched alkanes of at least 4 members (excludes halogenated alkanes) is 16. The molecule has 0 bridgehead atoms. The molecule has 0 aliphatic heterocycles. The quantitative estimate of drug-likeness (QED) is 0.0439. The lowest BCUT2D eigenvalue weighted by Crippen LogP contribution is -3.00. The molecule has 0 saturated carbocycles. The third-order valence-corrected chi connectivity index (χ3v) is 9.25. The minimum atomic E-state index is 0. The van der Waals surface area contributed by atoms with Crippen LogP contribution in [-0.4, -0.2) is 31.7 Å². The van der Waals surface area contributed by atoms with Gasteiger partial charge in [-0.15, -0.1) is 0 Å². The number of aryl methyl sites for hydroxylation is 1.